The summed E-state index contributed by atoms with van der Waals surface area (Å²) in [6.07, 6.45) is 6.75. The molecule has 160 valence electrons. The Morgan fingerprint density at radius 1 is 1.26 bits per heavy atom. The van der Waals surface area contributed by atoms with Gasteiger partial charge in [0.05, 0.1) is 11.2 Å². The highest BCUT2D eigenvalue weighted by Gasteiger charge is 2.35. The number of carbonyl (C=O) groups is 1. The molecule has 1 aromatic carbocycles. The molecule has 5 heterocycles. The normalized spacial score (nSPS) is 22.3. The smallest absolute Gasteiger partial charge is 0.327 e. The monoisotopic (exact) mass is 421 g/mol. The Kier molecular flexibility index (Phi) is 4.14. The first-order chi connectivity index (χ1) is 15.0. The van der Waals surface area contributed by atoms with E-state index in [4.69, 9.17) is 0 Å². The maximum absolute atomic E-state index is 14.5. The van der Waals surface area contributed by atoms with Gasteiger partial charge in [-0.1, -0.05) is 0 Å². The number of nitrogens with one attached hydrogen (secondary N) is 2. The van der Waals surface area contributed by atoms with Gasteiger partial charge in [0.15, 0.2) is 0 Å². The molecule has 3 aromatic rings. The number of amides is 2. The van der Waals surface area contributed by atoms with Crippen molar-refractivity contribution in [1.29, 1.82) is 0 Å². The van der Waals surface area contributed by atoms with Crippen molar-refractivity contribution < 1.29 is 9.18 Å². The first kappa shape index (κ1) is 18.6. The van der Waals surface area contributed by atoms with Crippen LogP contribution in [0.15, 0.2) is 30.6 Å². The summed E-state index contributed by atoms with van der Waals surface area (Å²) in [4.78, 5) is 21.6. The SMILES string of the molecule is Cn1cc2cc(NC(=O)N3CCc4c(N5CC6CCC(C5)N6)ccnc43)c(F)cc2n1. The summed E-state index contributed by atoms with van der Waals surface area (Å²) in [6, 6.07) is 5.72. The van der Waals surface area contributed by atoms with Gasteiger partial charge in [0.2, 0.25) is 0 Å². The van der Waals surface area contributed by atoms with E-state index in [2.05, 4.69) is 31.7 Å². The van der Waals surface area contributed by atoms with Crippen molar-refractivity contribution in [2.45, 2.75) is 31.3 Å². The van der Waals surface area contributed by atoms with E-state index in [1.807, 2.05) is 0 Å². The van der Waals surface area contributed by atoms with Crippen LogP contribution in [-0.2, 0) is 13.5 Å². The molecule has 0 radical (unpaired) electrons. The van der Waals surface area contributed by atoms with Crippen molar-refractivity contribution in [3.05, 3.63) is 42.0 Å². The maximum atomic E-state index is 14.5. The number of rotatable bonds is 2. The molecule has 2 unspecified atom stereocenters. The highest BCUT2D eigenvalue weighted by atomic mass is 19.1. The highest BCUT2D eigenvalue weighted by molar-refractivity contribution is 6.04. The third-order valence-corrected chi connectivity index (χ3v) is 6.60. The topological polar surface area (TPSA) is 78.3 Å². The van der Waals surface area contributed by atoms with E-state index in [1.165, 1.54) is 24.6 Å². The minimum Gasteiger partial charge on any atom is -0.368 e. The molecular weight excluding hydrogens is 397 g/mol. The van der Waals surface area contributed by atoms with E-state index >= 15 is 0 Å². The van der Waals surface area contributed by atoms with Gasteiger partial charge in [-0.3, -0.25) is 9.58 Å². The number of carbonyl (C=O) groups excluding carboxylic acids is 1. The average molecular weight is 421 g/mol. The summed E-state index contributed by atoms with van der Waals surface area (Å²) < 4.78 is 16.2. The minimum atomic E-state index is -0.503. The van der Waals surface area contributed by atoms with Gasteiger partial charge in [-0.25, -0.2) is 14.2 Å². The molecule has 2 fully saturated rings. The Bertz CT molecular complexity index is 1180. The second-order valence-corrected chi connectivity index (χ2v) is 8.70. The van der Waals surface area contributed by atoms with Crippen molar-refractivity contribution in [2.24, 2.45) is 7.05 Å². The summed E-state index contributed by atoms with van der Waals surface area (Å²) in [7, 11) is 1.78. The second-order valence-electron chi connectivity index (χ2n) is 8.70. The Morgan fingerprint density at radius 2 is 2.06 bits per heavy atom. The van der Waals surface area contributed by atoms with Crippen molar-refractivity contribution in [3.8, 4) is 0 Å². The average Bonchev–Trinajstić information content (AvgIpc) is 3.43. The number of halogens is 1. The molecule has 31 heavy (non-hydrogen) atoms. The lowest BCUT2D eigenvalue weighted by molar-refractivity contribution is 0.257. The van der Waals surface area contributed by atoms with Gasteiger partial charge in [-0.2, -0.15) is 5.10 Å². The number of aromatic nitrogens is 3. The lowest BCUT2D eigenvalue weighted by Gasteiger charge is -2.35. The fourth-order valence-corrected chi connectivity index (χ4v) is 5.21. The quantitative estimate of drug-likeness (QED) is 0.665. The van der Waals surface area contributed by atoms with Gasteiger partial charge in [-0.05, 0) is 31.4 Å². The first-order valence-electron chi connectivity index (χ1n) is 10.8. The number of aryl methyl sites for hydroxylation is 1. The number of urea groups is 1. The largest absolute Gasteiger partial charge is 0.368 e. The van der Waals surface area contributed by atoms with Gasteiger partial charge >= 0.3 is 6.03 Å². The van der Waals surface area contributed by atoms with Crippen LogP contribution >= 0.6 is 0 Å². The zero-order valence-electron chi connectivity index (χ0n) is 17.3. The molecule has 6 rings (SSSR count). The fourth-order valence-electron chi connectivity index (χ4n) is 5.21. The van der Waals surface area contributed by atoms with E-state index in [0.29, 0.717) is 30.0 Å². The Hall–Kier alpha value is -3.20. The third-order valence-electron chi connectivity index (χ3n) is 6.60. The molecule has 2 atom stereocenters. The van der Waals surface area contributed by atoms with E-state index in [1.54, 1.807) is 35.1 Å². The molecule has 3 aliphatic heterocycles. The van der Waals surface area contributed by atoms with Crippen molar-refractivity contribution >= 4 is 34.1 Å². The molecule has 0 aliphatic carbocycles. The van der Waals surface area contributed by atoms with E-state index in [0.717, 1.165) is 30.5 Å². The van der Waals surface area contributed by atoms with Crippen molar-refractivity contribution in [2.75, 3.05) is 34.8 Å². The summed E-state index contributed by atoms with van der Waals surface area (Å²) in [5, 5.41) is 11.4. The molecule has 2 saturated heterocycles. The molecule has 2 aromatic heterocycles. The zero-order chi connectivity index (χ0) is 21.1. The summed E-state index contributed by atoms with van der Waals surface area (Å²) in [5.74, 6) is 0.167. The van der Waals surface area contributed by atoms with Gasteiger partial charge in [0.25, 0.3) is 0 Å². The molecule has 0 spiro atoms. The van der Waals surface area contributed by atoms with Crippen molar-refractivity contribution in [1.82, 2.24) is 20.1 Å². The van der Waals surface area contributed by atoms with Crippen LogP contribution in [0.5, 0.6) is 0 Å². The predicted octanol–water partition coefficient (Wildman–Crippen LogP) is 2.64. The number of piperazine rings is 1. The number of nitrogens with zero attached hydrogens (tertiary/aromatic N) is 5. The van der Waals surface area contributed by atoms with Crippen LogP contribution in [0.25, 0.3) is 10.9 Å². The molecule has 2 N–H and O–H groups in total. The van der Waals surface area contributed by atoms with Gasteiger partial charge < -0.3 is 15.5 Å². The maximum Gasteiger partial charge on any atom is 0.327 e. The number of hydrogen-bond donors (Lipinski definition) is 2. The Morgan fingerprint density at radius 3 is 2.87 bits per heavy atom. The number of anilines is 3. The Labute approximate surface area is 179 Å². The van der Waals surface area contributed by atoms with Gasteiger partial charge in [-0.15, -0.1) is 0 Å². The lowest BCUT2D eigenvalue weighted by Crippen LogP contribution is -2.51. The van der Waals surface area contributed by atoms with Crippen LogP contribution in [0.1, 0.15) is 18.4 Å². The highest BCUT2D eigenvalue weighted by Crippen LogP contribution is 2.36. The van der Waals surface area contributed by atoms with Crippen LogP contribution in [-0.4, -0.2) is 52.5 Å². The van der Waals surface area contributed by atoms with Crippen LogP contribution in [0.3, 0.4) is 0 Å². The van der Waals surface area contributed by atoms with Gasteiger partial charge in [0, 0.05) is 73.9 Å². The standard InChI is InChI=1S/C22H24FN7O/c1-28-10-13-8-19(17(23)9-18(13)27-28)26-22(31)30-7-5-16-20(4-6-24-21(16)30)29-11-14-2-3-15(12-29)25-14/h4,6,8-10,14-15,25H,2-3,5,7,11-12H2,1H3,(H,26,31). The number of benzene rings is 1. The summed E-state index contributed by atoms with van der Waals surface area (Å²) in [5.41, 5.74) is 2.97. The third kappa shape index (κ3) is 3.11. The van der Waals surface area contributed by atoms with E-state index in [-0.39, 0.29) is 11.7 Å². The van der Waals surface area contributed by atoms with Gasteiger partial charge in [0.1, 0.15) is 11.6 Å². The molecule has 0 saturated carbocycles. The molecule has 3 aliphatic rings. The minimum absolute atomic E-state index is 0.147. The first-order valence-corrected chi connectivity index (χ1v) is 10.8. The molecule has 8 nitrogen and oxygen atoms in total. The van der Waals surface area contributed by atoms with E-state index in [9.17, 15) is 9.18 Å². The van der Waals surface area contributed by atoms with Crippen LogP contribution in [0, 0.1) is 5.82 Å². The lowest BCUT2D eigenvalue weighted by atomic mass is 10.1. The second kappa shape index (κ2) is 6.91. The van der Waals surface area contributed by atoms with Crippen LogP contribution in [0.4, 0.5) is 26.4 Å². The van der Waals surface area contributed by atoms with Crippen molar-refractivity contribution in [3.63, 3.8) is 0 Å². The molecular formula is C22H24FN7O. The summed E-state index contributed by atoms with van der Waals surface area (Å²) in [6.45, 7) is 2.49. The number of hydrogen-bond acceptors (Lipinski definition) is 5. The predicted molar refractivity (Wildman–Crippen MR) is 117 cm³/mol. The zero-order valence-corrected chi connectivity index (χ0v) is 17.3. The number of pyridine rings is 1. The fraction of sp³-hybridized carbons (Fsp3) is 0.409. The molecule has 9 heteroatoms. The Balaban J connectivity index is 1.26. The number of fused-ring (bicyclic) bond motifs is 4. The molecule has 2 bridgehead atoms. The summed E-state index contributed by atoms with van der Waals surface area (Å²) >= 11 is 0. The van der Waals surface area contributed by atoms with Crippen LogP contribution < -0.4 is 20.4 Å². The molecule has 2 amide bonds. The van der Waals surface area contributed by atoms with E-state index < -0.39 is 5.82 Å². The van der Waals surface area contributed by atoms with Crippen LogP contribution in [0.2, 0.25) is 0 Å².